The first-order chi connectivity index (χ1) is 18.6. The van der Waals surface area contributed by atoms with Gasteiger partial charge >= 0.3 is 0 Å². The maximum Gasteiger partial charge on any atom is 0.00514 e. The molecule has 38 heavy (non-hydrogen) atoms. The number of nitrogens with zero attached hydrogens (tertiary/aromatic N) is 2. The van der Waals surface area contributed by atoms with Crippen LogP contribution in [0.4, 0.5) is 0 Å². The summed E-state index contributed by atoms with van der Waals surface area (Å²) in [6.07, 6.45) is 33.3. The van der Waals surface area contributed by atoms with E-state index in [9.17, 15) is 0 Å². The molecule has 2 saturated heterocycles. The van der Waals surface area contributed by atoms with E-state index in [0.29, 0.717) is 5.41 Å². The van der Waals surface area contributed by atoms with Gasteiger partial charge in [0.05, 0.1) is 0 Å². The van der Waals surface area contributed by atoms with Crippen LogP contribution in [0.1, 0.15) is 175 Å². The van der Waals surface area contributed by atoms with E-state index in [1.54, 1.807) is 0 Å². The molecule has 2 aliphatic rings. The van der Waals surface area contributed by atoms with E-state index < -0.39 is 0 Å². The van der Waals surface area contributed by atoms with E-state index in [4.69, 9.17) is 0 Å². The highest BCUT2D eigenvalue weighted by Gasteiger charge is 2.44. The van der Waals surface area contributed by atoms with Crippen molar-refractivity contribution < 1.29 is 0 Å². The van der Waals surface area contributed by atoms with E-state index in [-0.39, 0.29) is 0 Å². The summed E-state index contributed by atoms with van der Waals surface area (Å²) in [7, 11) is 0. The fourth-order valence-electron chi connectivity index (χ4n) is 7.58. The average Bonchev–Trinajstić information content (AvgIpc) is 2.91. The lowest BCUT2D eigenvalue weighted by Crippen LogP contribution is -2.60. The zero-order valence-electron chi connectivity index (χ0n) is 27.1. The molecular formula is C36H72N2. The number of piperidine rings is 1. The first-order valence-electron chi connectivity index (χ1n) is 18.1. The minimum absolute atomic E-state index is 0.689. The van der Waals surface area contributed by atoms with Gasteiger partial charge in [0.15, 0.2) is 0 Å². The molecular weight excluding hydrogens is 460 g/mol. The van der Waals surface area contributed by atoms with Crippen LogP contribution < -0.4 is 0 Å². The number of unbranched alkanes of at least 4 members (excludes halogenated alkanes) is 11. The summed E-state index contributed by atoms with van der Waals surface area (Å²) in [6.45, 7) is 17.7. The maximum absolute atomic E-state index is 2.87. The van der Waals surface area contributed by atoms with Crippen molar-refractivity contribution in [2.75, 3.05) is 39.3 Å². The van der Waals surface area contributed by atoms with Gasteiger partial charge < -0.3 is 9.80 Å². The Morgan fingerprint density at radius 2 is 0.895 bits per heavy atom. The Balaban J connectivity index is 1.63. The quantitative estimate of drug-likeness (QED) is 0.108. The molecule has 0 saturated carbocycles. The standard InChI is InChI=1S/C36H72N2/c1-5-9-13-17-22-34(21-16-12-8-4)25-20-28-38-32-36(33-38)26-29-37(30-27-36)31-35(23-18-14-10-6-2)24-19-15-11-7-3/h34-35H,5-33H2,1-4H3. The summed E-state index contributed by atoms with van der Waals surface area (Å²) in [5, 5.41) is 0. The van der Waals surface area contributed by atoms with E-state index in [2.05, 4.69) is 37.5 Å². The number of likely N-dealkylation sites (tertiary alicyclic amines) is 2. The van der Waals surface area contributed by atoms with Gasteiger partial charge in [-0.15, -0.1) is 0 Å². The third-order valence-electron chi connectivity index (χ3n) is 10.3. The maximum atomic E-state index is 2.87. The summed E-state index contributed by atoms with van der Waals surface area (Å²) in [4.78, 5) is 5.69. The van der Waals surface area contributed by atoms with Crippen LogP contribution in [0.5, 0.6) is 0 Å². The molecule has 0 aromatic rings. The molecule has 2 rings (SSSR count). The Kier molecular flexibility index (Phi) is 19.4. The predicted octanol–water partition coefficient (Wildman–Crippen LogP) is 10.9. The van der Waals surface area contributed by atoms with Crippen molar-refractivity contribution >= 4 is 0 Å². The molecule has 0 aliphatic carbocycles. The Bertz CT molecular complexity index is 503. The minimum Gasteiger partial charge on any atom is -0.303 e. The van der Waals surface area contributed by atoms with Gasteiger partial charge in [-0.05, 0) is 75.4 Å². The first kappa shape index (κ1) is 34.1. The highest BCUT2D eigenvalue weighted by molar-refractivity contribution is 4.98. The zero-order chi connectivity index (χ0) is 27.3. The molecule has 0 aromatic heterocycles. The second-order valence-electron chi connectivity index (χ2n) is 13.9. The van der Waals surface area contributed by atoms with Crippen molar-refractivity contribution in [3.8, 4) is 0 Å². The van der Waals surface area contributed by atoms with E-state index in [1.165, 1.54) is 187 Å². The summed E-state index contributed by atoms with van der Waals surface area (Å²) in [5.74, 6) is 1.97. The molecule has 1 spiro atoms. The Morgan fingerprint density at radius 3 is 1.39 bits per heavy atom. The number of hydrogen-bond donors (Lipinski definition) is 0. The SMILES string of the molecule is CCCCCCC(CCCCC)CCCN1CC2(CCN(CC(CCCCCC)CCCCCC)CC2)C1. The van der Waals surface area contributed by atoms with Crippen LogP contribution in [0.15, 0.2) is 0 Å². The summed E-state index contributed by atoms with van der Waals surface area (Å²) >= 11 is 0. The molecule has 0 radical (unpaired) electrons. The van der Waals surface area contributed by atoms with Gasteiger partial charge in [0.25, 0.3) is 0 Å². The monoisotopic (exact) mass is 533 g/mol. The van der Waals surface area contributed by atoms with Gasteiger partial charge in [-0.1, -0.05) is 137 Å². The predicted molar refractivity (Wildman–Crippen MR) is 171 cm³/mol. The molecule has 2 heteroatoms. The lowest BCUT2D eigenvalue weighted by atomic mass is 9.71. The Morgan fingerprint density at radius 1 is 0.474 bits per heavy atom. The van der Waals surface area contributed by atoms with Crippen molar-refractivity contribution in [3.63, 3.8) is 0 Å². The molecule has 2 nitrogen and oxygen atoms in total. The molecule has 0 aromatic carbocycles. The largest absolute Gasteiger partial charge is 0.303 e. The highest BCUT2D eigenvalue weighted by atomic mass is 15.2. The fourth-order valence-corrected chi connectivity index (χ4v) is 7.58. The summed E-state index contributed by atoms with van der Waals surface area (Å²) < 4.78 is 0. The van der Waals surface area contributed by atoms with Crippen LogP contribution in [-0.4, -0.2) is 49.1 Å². The molecule has 0 bridgehead atoms. The molecule has 226 valence electrons. The van der Waals surface area contributed by atoms with Gasteiger partial charge in [-0.3, -0.25) is 0 Å². The molecule has 1 unspecified atom stereocenters. The topological polar surface area (TPSA) is 6.48 Å². The smallest absolute Gasteiger partial charge is 0.00514 e. The van der Waals surface area contributed by atoms with Gasteiger partial charge in [-0.25, -0.2) is 0 Å². The zero-order valence-corrected chi connectivity index (χ0v) is 27.1. The second kappa shape index (κ2) is 21.6. The molecule has 2 fully saturated rings. The third-order valence-corrected chi connectivity index (χ3v) is 10.3. The van der Waals surface area contributed by atoms with E-state index in [1.807, 2.05) is 0 Å². The van der Waals surface area contributed by atoms with Crippen LogP contribution in [0.3, 0.4) is 0 Å². The van der Waals surface area contributed by atoms with Crippen molar-refractivity contribution in [2.24, 2.45) is 17.3 Å². The highest BCUT2D eigenvalue weighted by Crippen LogP contribution is 2.41. The van der Waals surface area contributed by atoms with Gasteiger partial charge in [0.2, 0.25) is 0 Å². The molecule has 0 N–H and O–H groups in total. The first-order valence-corrected chi connectivity index (χ1v) is 18.1. The van der Waals surface area contributed by atoms with Gasteiger partial charge in [0, 0.05) is 19.6 Å². The van der Waals surface area contributed by atoms with E-state index >= 15 is 0 Å². The molecule has 1 atom stereocenters. The minimum atomic E-state index is 0.689. The van der Waals surface area contributed by atoms with Crippen LogP contribution >= 0.6 is 0 Å². The number of hydrogen-bond acceptors (Lipinski definition) is 2. The van der Waals surface area contributed by atoms with Gasteiger partial charge in [-0.2, -0.15) is 0 Å². The van der Waals surface area contributed by atoms with Gasteiger partial charge in [0.1, 0.15) is 0 Å². The normalized spacial score (nSPS) is 18.9. The Hall–Kier alpha value is -0.0800. The number of rotatable bonds is 25. The molecule has 2 heterocycles. The van der Waals surface area contributed by atoms with Crippen LogP contribution in [-0.2, 0) is 0 Å². The molecule has 2 aliphatic heterocycles. The van der Waals surface area contributed by atoms with Crippen LogP contribution in [0.2, 0.25) is 0 Å². The summed E-state index contributed by atoms with van der Waals surface area (Å²) in [6, 6.07) is 0. The summed E-state index contributed by atoms with van der Waals surface area (Å²) in [5.41, 5.74) is 0.689. The van der Waals surface area contributed by atoms with Crippen LogP contribution in [0, 0.1) is 17.3 Å². The van der Waals surface area contributed by atoms with Crippen molar-refractivity contribution in [1.29, 1.82) is 0 Å². The van der Waals surface area contributed by atoms with Crippen molar-refractivity contribution in [1.82, 2.24) is 9.80 Å². The second-order valence-corrected chi connectivity index (χ2v) is 13.9. The Labute approximate surface area is 241 Å². The van der Waals surface area contributed by atoms with E-state index in [0.717, 1.165) is 11.8 Å². The average molecular weight is 533 g/mol. The van der Waals surface area contributed by atoms with Crippen LogP contribution in [0.25, 0.3) is 0 Å². The molecule has 0 amide bonds. The third kappa shape index (κ3) is 14.5. The van der Waals surface area contributed by atoms with Crippen molar-refractivity contribution in [2.45, 2.75) is 175 Å². The fraction of sp³-hybridized carbons (Fsp3) is 1.00. The van der Waals surface area contributed by atoms with Crippen molar-refractivity contribution in [3.05, 3.63) is 0 Å². The lowest BCUT2D eigenvalue weighted by molar-refractivity contribution is -0.0496. The lowest BCUT2D eigenvalue weighted by Gasteiger charge is -2.54.